The average Bonchev–Trinajstić information content (AvgIpc) is 2.71. The maximum Gasteiger partial charge on any atom is 0.263 e. The summed E-state index contributed by atoms with van der Waals surface area (Å²) in [5, 5.41) is 4.13. The molecule has 0 aliphatic rings. The summed E-state index contributed by atoms with van der Waals surface area (Å²) in [5.41, 5.74) is 2.75. The van der Waals surface area contributed by atoms with Crippen LogP contribution in [0.2, 0.25) is 10.0 Å². The molecule has 0 saturated carbocycles. The number of halogens is 2. The van der Waals surface area contributed by atoms with Gasteiger partial charge in [-0.15, -0.1) is 0 Å². The minimum Gasteiger partial charge on any atom is -0.337 e. The second-order valence-electron chi connectivity index (χ2n) is 6.56. The number of nitrogens with zero attached hydrogens (tertiary/aromatic N) is 2. The molecule has 0 bridgehead atoms. The predicted molar refractivity (Wildman–Crippen MR) is 121 cm³/mol. The molecule has 0 atom stereocenters. The first-order valence-corrected chi connectivity index (χ1v) is 11.1. The second kappa shape index (κ2) is 8.10. The van der Waals surface area contributed by atoms with Crippen molar-refractivity contribution in [2.75, 3.05) is 10.0 Å². The van der Waals surface area contributed by atoms with Crippen molar-refractivity contribution in [3.8, 4) is 0 Å². The summed E-state index contributed by atoms with van der Waals surface area (Å²) in [6.45, 7) is 1.90. The van der Waals surface area contributed by atoms with Crippen molar-refractivity contribution >= 4 is 61.6 Å². The van der Waals surface area contributed by atoms with Gasteiger partial charge in [0.25, 0.3) is 10.0 Å². The fraction of sp³-hybridized carbons (Fsp3) is 0.0476. The van der Waals surface area contributed by atoms with Crippen molar-refractivity contribution in [3.63, 3.8) is 0 Å². The van der Waals surface area contributed by atoms with Crippen molar-refractivity contribution in [1.29, 1.82) is 0 Å². The zero-order valence-electron chi connectivity index (χ0n) is 15.7. The molecule has 1 aromatic heterocycles. The van der Waals surface area contributed by atoms with Crippen molar-refractivity contribution in [1.82, 2.24) is 9.97 Å². The molecule has 1 heterocycles. The third-order valence-corrected chi connectivity index (χ3v) is 6.37. The van der Waals surface area contributed by atoms with Crippen LogP contribution in [0.25, 0.3) is 11.0 Å². The minimum atomic E-state index is -3.91. The molecule has 0 unspecified atom stereocenters. The van der Waals surface area contributed by atoms with E-state index in [9.17, 15) is 8.42 Å². The van der Waals surface area contributed by atoms with Crippen LogP contribution in [0.5, 0.6) is 0 Å². The van der Waals surface area contributed by atoms with Crippen LogP contribution >= 0.6 is 23.2 Å². The molecule has 9 heteroatoms. The Morgan fingerprint density at radius 1 is 0.833 bits per heavy atom. The summed E-state index contributed by atoms with van der Waals surface area (Å²) in [6, 6.07) is 18.5. The number of sulfonamides is 1. The zero-order valence-corrected chi connectivity index (χ0v) is 18.1. The maximum atomic E-state index is 12.9. The van der Waals surface area contributed by atoms with Gasteiger partial charge in [-0.2, -0.15) is 0 Å². The lowest BCUT2D eigenvalue weighted by atomic mass is 10.2. The molecule has 152 valence electrons. The van der Waals surface area contributed by atoms with Gasteiger partial charge in [0.1, 0.15) is 0 Å². The number of anilines is 3. The van der Waals surface area contributed by atoms with Crippen LogP contribution in [-0.4, -0.2) is 18.4 Å². The minimum absolute atomic E-state index is 0.0613. The van der Waals surface area contributed by atoms with E-state index in [1.165, 1.54) is 24.3 Å². The number of rotatable bonds is 5. The van der Waals surface area contributed by atoms with E-state index in [-0.39, 0.29) is 16.5 Å². The molecule has 0 fully saturated rings. The van der Waals surface area contributed by atoms with Gasteiger partial charge >= 0.3 is 0 Å². The van der Waals surface area contributed by atoms with Gasteiger partial charge in [-0.3, -0.25) is 4.72 Å². The molecule has 0 aliphatic heterocycles. The third kappa shape index (κ3) is 4.33. The summed E-state index contributed by atoms with van der Waals surface area (Å²) in [5.74, 6) is 0.325. The fourth-order valence-electron chi connectivity index (χ4n) is 2.77. The van der Waals surface area contributed by atoms with Crippen LogP contribution in [0.1, 0.15) is 5.56 Å². The quantitative estimate of drug-likeness (QED) is 0.395. The molecule has 0 spiro atoms. The number of aromatic nitrogens is 2. The van der Waals surface area contributed by atoms with E-state index in [0.717, 1.165) is 5.56 Å². The van der Waals surface area contributed by atoms with Gasteiger partial charge in [0.15, 0.2) is 11.6 Å². The number of benzene rings is 3. The summed E-state index contributed by atoms with van der Waals surface area (Å²) < 4.78 is 28.3. The number of aryl methyl sites for hydroxylation is 1. The SMILES string of the molecule is Cc1ccc(Nc2nc3ccccc3nc2NS(=O)(=O)c2ccc(Cl)cc2)cc1Cl. The third-order valence-electron chi connectivity index (χ3n) is 4.36. The summed E-state index contributed by atoms with van der Waals surface area (Å²) >= 11 is 12.1. The first-order chi connectivity index (χ1) is 14.3. The number of fused-ring (bicyclic) bond motifs is 1. The van der Waals surface area contributed by atoms with E-state index in [2.05, 4.69) is 20.0 Å². The number of hydrogen-bond donors (Lipinski definition) is 2. The Kier molecular flexibility index (Phi) is 5.51. The second-order valence-corrected chi connectivity index (χ2v) is 9.08. The smallest absolute Gasteiger partial charge is 0.263 e. The lowest BCUT2D eigenvalue weighted by Gasteiger charge is -2.14. The molecular weight excluding hydrogens is 443 g/mol. The van der Waals surface area contributed by atoms with Gasteiger partial charge in [-0.1, -0.05) is 41.4 Å². The van der Waals surface area contributed by atoms with Gasteiger partial charge in [0, 0.05) is 15.7 Å². The molecule has 0 aliphatic carbocycles. The van der Waals surface area contributed by atoms with Gasteiger partial charge in [-0.25, -0.2) is 18.4 Å². The van der Waals surface area contributed by atoms with Crippen molar-refractivity contribution < 1.29 is 8.42 Å². The lowest BCUT2D eigenvalue weighted by Crippen LogP contribution is -2.16. The number of hydrogen-bond acceptors (Lipinski definition) is 5. The van der Waals surface area contributed by atoms with E-state index in [4.69, 9.17) is 23.2 Å². The highest BCUT2D eigenvalue weighted by molar-refractivity contribution is 7.92. The van der Waals surface area contributed by atoms with Crippen molar-refractivity contribution in [2.45, 2.75) is 11.8 Å². The highest BCUT2D eigenvalue weighted by Gasteiger charge is 2.19. The fourth-order valence-corrected chi connectivity index (χ4v) is 4.08. The molecular formula is C21H16Cl2N4O2S. The molecule has 0 radical (unpaired) electrons. The topological polar surface area (TPSA) is 84.0 Å². The summed E-state index contributed by atoms with van der Waals surface area (Å²) in [7, 11) is -3.91. The first-order valence-electron chi connectivity index (χ1n) is 8.90. The summed E-state index contributed by atoms with van der Waals surface area (Å²) in [6.07, 6.45) is 0. The Morgan fingerprint density at radius 2 is 1.47 bits per heavy atom. The van der Waals surface area contributed by atoms with Crippen LogP contribution < -0.4 is 10.0 Å². The molecule has 4 aromatic rings. The molecule has 30 heavy (non-hydrogen) atoms. The molecule has 6 nitrogen and oxygen atoms in total. The van der Waals surface area contributed by atoms with Crippen LogP contribution in [0.3, 0.4) is 0 Å². The van der Waals surface area contributed by atoms with Crippen LogP contribution in [-0.2, 0) is 10.0 Å². The Morgan fingerprint density at radius 3 is 2.10 bits per heavy atom. The van der Waals surface area contributed by atoms with Gasteiger partial charge < -0.3 is 5.32 Å². The van der Waals surface area contributed by atoms with Crippen LogP contribution in [0, 0.1) is 6.92 Å². The highest BCUT2D eigenvalue weighted by Crippen LogP contribution is 2.29. The van der Waals surface area contributed by atoms with Crippen molar-refractivity contribution in [3.05, 3.63) is 82.3 Å². The molecule has 3 aromatic carbocycles. The van der Waals surface area contributed by atoms with Gasteiger partial charge in [-0.05, 0) is 61.0 Å². The monoisotopic (exact) mass is 458 g/mol. The Hall–Kier alpha value is -2.87. The zero-order chi connectivity index (χ0) is 21.3. The Labute approximate surface area is 183 Å². The van der Waals surface area contributed by atoms with E-state index in [1.54, 1.807) is 24.3 Å². The average molecular weight is 459 g/mol. The van der Waals surface area contributed by atoms with E-state index >= 15 is 0 Å². The Balaban J connectivity index is 1.78. The predicted octanol–water partition coefficient (Wildman–Crippen LogP) is 5.79. The van der Waals surface area contributed by atoms with E-state index < -0.39 is 10.0 Å². The van der Waals surface area contributed by atoms with E-state index in [1.807, 2.05) is 25.1 Å². The maximum absolute atomic E-state index is 12.9. The number of para-hydroxylation sites is 2. The standard InChI is InChI=1S/C21H16Cl2N4O2S/c1-13-6-9-15(12-17(13)23)24-20-21(26-19-5-3-2-4-18(19)25-20)27-30(28,29)16-10-7-14(22)8-11-16/h2-12H,1H3,(H,24,25)(H,26,27). The van der Waals surface area contributed by atoms with Crippen molar-refractivity contribution in [2.24, 2.45) is 0 Å². The van der Waals surface area contributed by atoms with E-state index in [0.29, 0.717) is 26.8 Å². The Bertz CT molecular complexity index is 1340. The molecule has 0 amide bonds. The molecule has 0 saturated heterocycles. The van der Waals surface area contributed by atoms with Crippen LogP contribution in [0.4, 0.5) is 17.3 Å². The van der Waals surface area contributed by atoms with Gasteiger partial charge in [0.2, 0.25) is 0 Å². The van der Waals surface area contributed by atoms with Gasteiger partial charge in [0.05, 0.1) is 15.9 Å². The molecule has 2 N–H and O–H groups in total. The van der Waals surface area contributed by atoms with Crippen LogP contribution in [0.15, 0.2) is 71.6 Å². The normalized spacial score (nSPS) is 11.4. The highest BCUT2D eigenvalue weighted by atomic mass is 35.5. The largest absolute Gasteiger partial charge is 0.337 e. The first kappa shape index (κ1) is 20.4. The molecule has 4 rings (SSSR count). The number of nitrogens with one attached hydrogen (secondary N) is 2. The lowest BCUT2D eigenvalue weighted by molar-refractivity contribution is 0.601. The summed E-state index contributed by atoms with van der Waals surface area (Å²) in [4.78, 5) is 9.08.